The Bertz CT molecular complexity index is 5060. The molecule has 4 heterocycles. The molecule has 7 aromatic carbocycles. The molecule has 0 unspecified atom stereocenters. The zero-order valence-electron chi connectivity index (χ0n) is 53.4. The number of ether oxygens (including phenoxy) is 1. The van der Waals surface area contributed by atoms with E-state index in [-0.39, 0.29) is 110 Å². The van der Waals surface area contributed by atoms with Crippen LogP contribution in [0.4, 0.5) is 28.9 Å². The highest BCUT2D eigenvalue weighted by atomic mass is 32.2. The Morgan fingerprint density at radius 1 is 0.546 bits per heavy atom. The van der Waals surface area contributed by atoms with Gasteiger partial charge < -0.3 is 34.6 Å². The SMILES string of the molecule is CNC(=O)c1c(-c2ccc(F)cc2)oc2cc(N(C)S(C)(=O)=O)c(-c3ccc(O)c(C(=O)C[C@H](C)c4ccc(F)cc4)n3)cc12.CNC(=O)c1c(-c2ccc(F)cc2)oc2cc(N(C)S(C)(=O)=O)c(-c3ccc(OCc4ccccc4)c(C(=O)N[C@H](C)c4ccc(F)cc4)n3)cc12. The number of halogens is 4. The highest BCUT2D eigenvalue weighted by Gasteiger charge is 2.31. The number of aromatic hydroxyl groups is 1. The maximum Gasteiger partial charge on any atom is 0.274 e. The molecule has 0 bridgehead atoms. The molecule has 97 heavy (non-hydrogen) atoms. The lowest BCUT2D eigenvalue weighted by Crippen LogP contribution is -2.28. The molecule has 11 rings (SSSR count). The van der Waals surface area contributed by atoms with E-state index >= 15 is 0 Å². The van der Waals surface area contributed by atoms with Crippen LogP contribution in [0, 0.1) is 23.3 Å². The zero-order chi connectivity index (χ0) is 69.8. The molecule has 0 saturated heterocycles. The molecule has 2 atom stereocenters. The van der Waals surface area contributed by atoms with E-state index in [1.165, 1.54) is 131 Å². The molecular weight excluding hydrogens is 1290 g/mol. The van der Waals surface area contributed by atoms with E-state index in [4.69, 9.17) is 18.6 Å². The number of carbonyl (C=O) groups is 4. The lowest BCUT2D eigenvalue weighted by atomic mass is 9.94. The molecule has 0 radical (unpaired) electrons. The van der Waals surface area contributed by atoms with Crippen LogP contribution in [-0.4, -0.2) is 96.1 Å². The van der Waals surface area contributed by atoms with Crippen LogP contribution < -0.4 is 29.3 Å². The van der Waals surface area contributed by atoms with Crippen LogP contribution in [-0.2, 0) is 26.7 Å². The van der Waals surface area contributed by atoms with E-state index in [2.05, 4.69) is 20.9 Å². The quantitative estimate of drug-likeness (QED) is 0.0409. The molecule has 25 heteroatoms. The Kier molecular flexibility index (Phi) is 20.1. The molecule has 0 aliphatic heterocycles. The summed E-state index contributed by atoms with van der Waals surface area (Å²) in [6.45, 7) is 3.65. The predicted octanol–water partition coefficient (Wildman–Crippen LogP) is 13.5. The number of ketones is 1. The molecule has 0 spiro atoms. The fourth-order valence-electron chi connectivity index (χ4n) is 10.7. The van der Waals surface area contributed by atoms with Crippen molar-refractivity contribution in [1.82, 2.24) is 25.9 Å². The van der Waals surface area contributed by atoms with E-state index in [0.717, 1.165) is 32.2 Å². The number of nitrogens with zero attached hydrogens (tertiary/aromatic N) is 4. The molecule has 11 aromatic rings. The van der Waals surface area contributed by atoms with Crippen molar-refractivity contribution >= 4 is 76.9 Å². The first-order valence-electron chi connectivity index (χ1n) is 29.9. The molecule has 0 fully saturated rings. The maximum atomic E-state index is 13.9. The van der Waals surface area contributed by atoms with E-state index in [1.54, 1.807) is 56.3 Å². The predicted molar refractivity (Wildman–Crippen MR) is 361 cm³/mol. The molecule has 19 nitrogen and oxygen atoms in total. The second kappa shape index (κ2) is 28.4. The van der Waals surface area contributed by atoms with Gasteiger partial charge in [-0.15, -0.1) is 0 Å². The summed E-state index contributed by atoms with van der Waals surface area (Å²) in [6, 6.07) is 42.9. The average Bonchev–Trinajstić information content (AvgIpc) is 1.60. The molecule has 0 saturated carbocycles. The van der Waals surface area contributed by atoms with Gasteiger partial charge in [-0.1, -0.05) is 61.5 Å². The molecule has 3 amide bonds. The van der Waals surface area contributed by atoms with Crippen molar-refractivity contribution in [2.45, 2.75) is 38.8 Å². The van der Waals surface area contributed by atoms with E-state index in [0.29, 0.717) is 27.5 Å². The largest absolute Gasteiger partial charge is 0.506 e. The second-order valence-corrected chi connectivity index (χ2v) is 26.7. The highest BCUT2D eigenvalue weighted by molar-refractivity contribution is 7.92. The number of anilines is 2. The van der Waals surface area contributed by atoms with Crippen LogP contribution in [0.5, 0.6) is 11.5 Å². The summed E-state index contributed by atoms with van der Waals surface area (Å²) < 4.78 is 126. The van der Waals surface area contributed by atoms with Crippen molar-refractivity contribution in [2.24, 2.45) is 0 Å². The van der Waals surface area contributed by atoms with Gasteiger partial charge in [0.1, 0.15) is 64.0 Å². The summed E-state index contributed by atoms with van der Waals surface area (Å²) in [7, 11) is -2.08. The number of nitrogens with one attached hydrogen (secondary N) is 3. The number of rotatable bonds is 20. The number of amides is 3. The molecule has 0 aliphatic carbocycles. The summed E-state index contributed by atoms with van der Waals surface area (Å²) in [6.07, 6.45) is 2.00. The third-order valence-electron chi connectivity index (χ3n) is 16.1. The van der Waals surface area contributed by atoms with Crippen LogP contribution in [0.25, 0.3) is 67.1 Å². The summed E-state index contributed by atoms with van der Waals surface area (Å²) in [4.78, 5) is 62.9. The third-order valence-corrected chi connectivity index (χ3v) is 18.4. The number of aromatic nitrogens is 2. The molecule has 498 valence electrons. The lowest BCUT2D eigenvalue weighted by Gasteiger charge is -2.21. The number of fused-ring (bicyclic) bond motifs is 2. The first-order valence-corrected chi connectivity index (χ1v) is 33.6. The average molecular weight is 1360 g/mol. The van der Waals surface area contributed by atoms with Crippen LogP contribution in [0.1, 0.15) is 90.6 Å². The van der Waals surface area contributed by atoms with Gasteiger partial charge >= 0.3 is 0 Å². The lowest BCUT2D eigenvalue weighted by molar-refractivity contribution is 0.0926. The van der Waals surface area contributed by atoms with E-state index in [9.17, 15) is 58.7 Å². The normalized spacial score (nSPS) is 12.1. The number of pyridine rings is 2. The fraction of sp³-hybridized carbons (Fsp3) is 0.167. The molecular formula is C72H63F4N7O12S2. The smallest absolute Gasteiger partial charge is 0.274 e. The monoisotopic (exact) mass is 1360 g/mol. The Balaban J connectivity index is 0.000000213. The summed E-state index contributed by atoms with van der Waals surface area (Å²) >= 11 is 0. The van der Waals surface area contributed by atoms with Crippen LogP contribution in [0.3, 0.4) is 0 Å². The van der Waals surface area contributed by atoms with Gasteiger partial charge in [0.15, 0.2) is 17.2 Å². The van der Waals surface area contributed by atoms with Crippen molar-refractivity contribution in [3.05, 3.63) is 238 Å². The van der Waals surface area contributed by atoms with Gasteiger partial charge in [0.2, 0.25) is 20.0 Å². The Labute approximate surface area is 555 Å². The van der Waals surface area contributed by atoms with Crippen molar-refractivity contribution in [3.8, 4) is 56.7 Å². The van der Waals surface area contributed by atoms with Crippen LogP contribution in [0.2, 0.25) is 0 Å². The number of carbonyl (C=O) groups excluding carboxylic acids is 4. The molecule has 4 N–H and O–H groups in total. The van der Waals surface area contributed by atoms with Crippen LogP contribution >= 0.6 is 0 Å². The zero-order valence-corrected chi connectivity index (χ0v) is 55.0. The van der Waals surface area contributed by atoms with Gasteiger partial charge in [-0.2, -0.15) is 0 Å². The van der Waals surface area contributed by atoms with Gasteiger partial charge in [0, 0.05) is 79.8 Å². The van der Waals surface area contributed by atoms with Gasteiger partial charge in [-0.25, -0.2) is 44.4 Å². The Morgan fingerprint density at radius 3 is 1.41 bits per heavy atom. The Hall–Kier alpha value is -11.2. The maximum absolute atomic E-state index is 13.9. The molecule has 4 aromatic heterocycles. The van der Waals surface area contributed by atoms with Crippen LogP contribution in [0.15, 0.2) is 185 Å². The third kappa shape index (κ3) is 15.2. The number of benzene rings is 7. The molecule has 0 aliphatic rings. The summed E-state index contributed by atoms with van der Waals surface area (Å²) in [5.74, 6) is -4.13. The van der Waals surface area contributed by atoms with E-state index < -0.39 is 72.9 Å². The standard InChI is InChI=1S/C39H34F2N4O6S.C33H29F2N3O6S/c1-23(25-10-14-27(40)15-11-25)43-39(47)36-33(50-22-24-8-6-5-7-9-24)19-18-31(44-36)29-20-30-34(21-32(29)45(3)52(4,48)49)51-37(35(30)38(46)42-2)26-12-16-28(41)17-13-26;1-18(19-5-9-21(34)10-6-19)15-28(40)31-27(39)14-13-25(37-31)23-16-24-29(17-26(23)38(3)45(4,42)43)44-32(30(24)33(41)36-2)20-7-11-22(35)12-8-20/h5-21,23H,22H2,1-4H3,(H,42,46)(H,43,47);5-14,16-18,39H,15H2,1-4H3,(H,36,41)/t23-;18-/m10/s1. The van der Waals surface area contributed by atoms with Crippen molar-refractivity contribution in [1.29, 1.82) is 0 Å². The first kappa shape index (κ1) is 68.7. The minimum Gasteiger partial charge on any atom is -0.506 e. The minimum atomic E-state index is -3.85. The first-order chi connectivity index (χ1) is 46.1. The summed E-state index contributed by atoms with van der Waals surface area (Å²) in [5, 5.41) is 19.3. The number of Topliss-reactive ketones (excluding diaryl/α,β-unsaturated/α-hetero) is 1. The number of hydrogen-bond acceptors (Lipinski definition) is 14. The van der Waals surface area contributed by atoms with Crippen molar-refractivity contribution in [3.63, 3.8) is 0 Å². The van der Waals surface area contributed by atoms with E-state index in [1.807, 2.05) is 30.3 Å². The van der Waals surface area contributed by atoms with Gasteiger partial charge in [-0.3, -0.25) is 27.8 Å². The second-order valence-electron chi connectivity index (χ2n) is 22.7. The number of sulfonamides is 2. The van der Waals surface area contributed by atoms with Gasteiger partial charge in [-0.05, 0) is 139 Å². The topological polar surface area (TPSA) is 261 Å². The minimum absolute atomic E-state index is 0.0473. The van der Waals surface area contributed by atoms with Crippen molar-refractivity contribution in [2.75, 3.05) is 49.3 Å². The van der Waals surface area contributed by atoms with Crippen molar-refractivity contribution < 1.29 is 72.3 Å². The fourth-order valence-corrected chi connectivity index (χ4v) is 11.7. The summed E-state index contributed by atoms with van der Waals surface area (Å²) in [5.41, 5.74) is 4.42. The highest BCUT2D eigenvalue weighted by Crippen LogP contribution is 2.44. The Morgan fingerprint density at radius 2 is 0.969 bits per heavy atom. The van der Waals surface area contributed by atoms with Gasteiger partial charge in [0.05, 0.1) is 52.4 Å². The number of hydrogen-bond donors (Lipinski definition) is 4. The number of furan rings is 2. The van der Waals surface area contributed by atoms with Gasteiger partial charge in [0.25, 0.3) is 17.7 Å².